The molecule has 0 spiro atoms. The van der Waals surface area contributed by atoms with Gasteiger partial charge in [0, 0.05) is 20.1 Å². The molecule has 0 aliphatic rings. The van der Waals surface area contributed by atoms with Crippen LogP contribution in [0, 0.1) is 5.92 Å². The highest BCUT2D eigenvalue weighted by Crippen LogP contribution is 2.26. The first kappa shape index (κ1) is 17.9. The summed E-state index contributed by atoms with van der Waals surface area (Å²) in [6.07, 6.45) is 5.22. The third kappa shape index (κ3) is 8.01. The molecule has 1 aromatic rings. The van der Waals surface area contributed by atoms with Gasteiger partial charge in [0.2, 0.25) is 0 Å². The summed E-state index contributed by atoms with van der Waals surface area (Å²) in [6.45, 7) is 11.5. The Morgan fingerprint density at radius 2 is 1.76 bits per heavy atom. The van der Waals surface area contributed by atoms with Crippen molar-refractivity contribution in [1.29, 1.82) is 0 Å². The second kappa shape index (κ2) is 8.33. The molecule has 0 amide bonds. The van der Waals surface area contributed by atoms with E-state index in [2.05, 4.69) is 39.6 Å². The van der Waals surface area contributed by atoms with Crippen molar-refractivity contribution >= 4 is 13.9 Å². The average Bonchev–Trinajstić information content (AvgIpc) is 2.37. The first-order valence-corrected chi connectivity index (χ1v) is 11.7. The molecule has 21 heavy (non-hydrogen) atoms. The minimum Gasteiger partial charge on any atom is -0.294 e. The molecular weight excluding hydrogens is 272 g/mol. The zero-order valence-electron chi connectivity index (χ0n) is 14.3. The monoisotopic (exact) mass is 302 g/mol. The number of hydrogen-bond donors (Lipinski definition) is 0. The van der Waals surface area contributed by atoms with E-state index in [-0.39, 0.29) is 0 Å². The molecule has 1 nitrogen and oxygen atoms in total. The molecule has 0 heterocycles. The summed E-state index contributed by atoms with van der Waals surface area (Å²) in [5.41, 5.74) is 2.23. The van der Waals surface area contributed by atoms with E-state index < -0.39 is 8.07 Å². The first-order chi connectivity index (χ1) is 9.78. The number of hydrogen-bond acceptors (Lipinski definition) is 1. The minimum absolute atomic E-state index is 0.302. The van der Waals surface area contributed by atoms with Gasteiger partial charge in [-0.1, -0.05) is 67.7 Å². The summed E-state index contributed by atoms with van der Waals surface area (Å²) in [7, 11) is -1.14. The molecule has 116 valence electrons. The lowest BCUT2D eigenvalue weighted by Gasteiger charge is -2.24. The molecule has 1 atom stereocenters. The standard InChI is InChI=1S/C19H30OSi/c1-16(2)10-9-11-17(15-21(3,4)5)14-19(20)18-12-7-6-8-13-18/h6-8,10,12-13,17H,9,11,14-15H2,1-5H3. The Hall–Kier alpha value is -1.15. The molecular formula is C19H30OSi. The van der Waals surface area contributed by atoms with Crippen LogP contribution in [0.25, 0.3) is 0 Å². The molecule has 0 saturated carbocycles. The molecule has 1 unspecified atom stereocenters. The number of rotatable bonds is 8. The van der Waals surface area contributed by atoms with E-state index in [0.29, 0.717) is 18.1 Å². The van der Waals surface area contributed by atoms with Crippen molar-refractivity contribution in [2.75, 3.05) is 0 Å². The Morgan fingerprint density at radius 3 is 2.29 bits per heavy atom. The zero-order valence-corrected chi connectivity index (χ0v) is 15.3. The summed E-state index contributed by atoms with van der Waals surface area (Å²) in [5, 5.41) is 0. The number of Topliss-reactive ketones (excluding diaryl/α,β-unsaturated/α-hetero) is 1. The summed E-state index contributed by atoms with van der Waals surface area (Å²) in [5.74, 6) is 0.830. The summed E-state index contributed by atoms with van der Waals surface area (Å²) < 4.78 is 0. The maximum absolute atomic E-state index is 12.4. The van der Waals surface area contributed by atoms with Crippen LogP contribution < -0.4 is 0 Å². The van der Waals surface area contributed by atoms with Crippen LogP contribution in [-0.2, 0) is 0 Å². The van der Waals surface area contributed by atoms with E-state index >= 15 is 0 Å². The highest BCUT2D eigenvalue weighted by Gasteiger charge is 2.22. The molecule has 0 radical (unpaired) electrons. The van der Waals surface area contributed by atoms with Gasteiger partial charge in [0.1, 0.15) is 0 Å². The fourth-order valence-corrected chi connectivity index (χ4v) is 4.83. The van der Waals surface area contributed by atoms with Gasteiger partial charge in [0.15, 0.2) is 5.78 Å². The third-order valence-corrected chi connectivity index (χ3v) is 5.40. The van der Waals surface area contributed by atoms with Crippen LogP contribution in [-0.4, -0.2) is 13.9 Å². The number of ketones is 1. The van der Waals surface area contributed by atoms with Crippen LogP contribution in [0.2, 0.25) is 25.7 Å². The summed E-state index contributed by atoms with van der Waals surface area (Å²) >= 11 is 0. The molecule has 2 heteroatoms. The van der Waals surface area contributed by atoms with Crippen molar-refractivity contribution in [1.82, 2.24) is 0 Å². The van der Waals surface area contributed by atoms with E-state index in [0.717, 1.165) is 18.4 Å². The van der Waals surface area contributed by atoms with Crippen molar-refractivity contribution in [3.63, 3.8) is 0 Å². The molecule has 0 aromatic heterocycles. The predicted octanol–water partition coefficient (Wildman–Crippen LogP) is 5.96. The molecule has 0 aliphatic carbocycles. The Balaban J connectivity index is 2.67. The van der Waals surface area contributed by atoms with Gasteiger partial charge in [-0.25, -0.2) is 0 Å². The molecule has 0 saturated heterocycles. The van der Waals surface area contributed by atoms with Crippen LogP contribution in [0.1, 0.15) is 43.5 Å². The molecule has 0 bridgehead atoms. The van der Waals surface area contributed by atoms with Gasteiger partial charge in [-0.3, -0.25) is 4.79 Å². The van der Waals surface area contributed by atoms with Gasteiger partial charge < -0.3 is 0 Å². The first-order valence-electron chi connectivity index (χ1n) is 7.99. The molecule has 1 rings (SSSR count). The maximum atomic E-state index is 12.4. The largest absolute Gasteiger partial charge is 0.294 e. The van der Waals surface area contributed by atoms with Crippen molar-refractivity contribution in [3.8, 4) is 0 Å². The highest BCUT2D eigenvalue weighted by atomic mass is 28.3. The lowest BCUT2D eigenvalue weighted by molar-refractivity contribution is 0.0962. The molecule has 0 aliphatic heterocycles. The normalized spacial score (nSPS) is 12.8. The van der Waals surface area contributed by atoms with Crippen LogP contribution in [0.15, 0.2) is 42.0 Å². The fraction of sp³-hybridized carbons (Fsp3) is 0.526. The molecule has 0 fully saturated rings. The van der Waals surface area contributed by atoms with Crippen molar-refractivity contribution in [2.45, 2.75) is 58.8 Å². The van der Waals surface area contributed by atoms with E-state index in [9.17, 15) is 4.79 Å². The average molecular weight is 303 g/mol. The van der Waals surface area contributed by atoms with E-state index in [1.54, 1.807) is 0 Å². The third-order valence-electron chi connectivity index (χ3n) is 3.60. The summed E-state index contributed by atoms with van der Waals surface area (Å²) in [4.78, 5) is 12.4. The quantitative estimate of drug-likeness (QED) is 0.329. The second-order valence-corrected chi connectivity index (χ2v) is 13.0. The number of benzene rings is 1. The highest BCUT2D eigenvalue weighted by molar-refractivity contribution is 6.76. The lowest BCUT2D eigenvalue weighted by Crippen LogP contribution is -2.25. The van der Waals surface area contributed by atoms with E-state index in [1.165, 1.54) is 11.6 Å². The Labute approximate surface area is 131 Å². The number of carbonyl (C=O) groups excluding carboxylic acids is 1. The number of carbonyl (C=O) groups is 1. The van der Waals surface area contributed by atoms with Gasteiger partial charge in [-0.2, -0.15) is 0 Å². The SMILES string of the molecule is CC(C)=CCCC(CC(=O)c1ccccc1)C[Si](C)(C)C. The van der Waals surface area contributed by atoms with Crippen molar-refractivity contribution in [2.24, 2.45) is 5.92 Å². The van der Waals surface area contributed by atoms with E-state index in [1.807, 2.05) is 30.3 Å². The minimum atomic E-state index is -1.14. The van der Waals surface area contributed by atoms with Gasteiger partial charge in [-0.15, -0.1) is 0 Å². The summed E-state index contributed by atoms with van der Waals surface area (Å²) in [6, 6.07) is 11.0. The van der Waals surface area contributed by atoms with Crippen LogP contribution in [0.3, 0.4) is 0 Å². The van der Waals surface area contributed by atoms with E-state index in [4.69, 9.17) is 0 Å². The topological polar surface area (TPSA) is 17.1 Å². The predicted molar refractivity (Wildman–Crippen MR) is 95.7 cm³/mol. The van der Waals surface area contributed by atoms with Crippen LogP contribution in [0.5, 0.6) is 0 Å². The van der Waals surface area contributed by atoms with Crippen molar-refractivity contribution < 1.29 is 4.79 Å². The molecule has 0 N–H and O–H groups in total. The Morgan fingerprint density at radius 1 is 1.14 bits per heavy atom. The van der Waals surface area contributed by atoms with Gasteiger partial charge in [0.25, 0.3) is 0 Å². The van der Waals surface area contributed by atoms with Crippen molar-refractivity contribution in [3.05, 3.63) is 47.5 Å². The van der Waals surface area contributed by atoms with Gasteiger partial charge >= 0.3 is 0 Å². The van der Waals surface area contributed by atoms with Crippen LogP contribution >= 0.6 is 0 Å². The van der Waals surface area contributed by atoms with Crippen LogP contribution in [0.4, 0.5) is 0 Å². The Kier molecular flexibility index (Phi) is 7.10. The smallest absolute Gasteiger partial charge is 0.163 e. The second-order valence-electron chi connectivity index (χ2n) is 7.48. The maximum Gasteiger partial charge on any atom is 0.163 e. The number of allylic oxidation sites excluding steroid dienone is 2. The Bertz CT molecular complexity index is 464. The zero-order chi connectivity index (χ0) is 15.9. The lowest BCUT2D eigenvalue weighted by atomic mass is 9.95. The van der Waals surface area contributed by atoms with Gasteiger partial charge in [-0.05, 0) is 32.6 Å². The molecule has 1 aromatic carbocycles. The fourth-order valence-electron chi connectivity index (χ4n) is 2.75. The van der Waals surface area contributed by atoms with Gasteiger partial charge in [0.05, 0.1) is 0 Å².